The van der Waals surface area contributed by atoms with Crippen molar-refractivity contribution in [1.82, 2.24) is 0 Å². The van der Waals surface area contributed by atoms with Crippen LogP contribution in [-0.2, 0) is 46.2 Å². The van der Waals surface area contributed by atoms with E-state index in [1.807, 2.05) is 74.5 Å². The van der Waals surface area contributed by atoms with Gasteiger partial charge in [-0.1, -0.05) is 87.4 Å². The lowest BCUT2D eigenvalue weighted by Crippen LogP contribution is -2.42. The van der Waals surface area contributed by atoms with Gasteiger partial charge >= 0.3 is 23.9 Å². The predicted octanol–water partition coefficient (Wildman–Crippen LogP) is 6.59. The molecule has 0 radical (unpaired) electrons. The molecule has 0 aliphatic heterocycles. The van der Waals surface area contributed by atoms with E-state index in [0.29, 0.717) is 44.9 Å². The number of esters is 3. The van der Waals surface area contributed by atoms with Crippen molar-refractivity contribution in [2.24, 2.45) is 10.8 Å². The van der Waals surface area contributed by atoms with Gasteiger partial charge in [-0.3, -0.25) is 19.2 Å². The number of carboxylic acid groups (broad SMARTS) is 1. The Balaban J connectivity index is 0.000000422. The van der Waals surface area contributed by atoms with E-state index in [-0.39, 0.29) is 26.2 Å². The summed E-state index contributed by atoms with van der Waals surface area (Å²) in [6.07, 6.45) is 3.93. The number of carbonyl (C=O) groups is 4. The van der Waals surface area contributed by atoms with Gasteiger partial charge in [-0.2, -0.15) is 0 Å². The summed E-state index contributed by atoms with van der Waals surface area (Å²) in [7, 11) is 0. The molecule has 8 heteroatoms. The lowest BCUT2D eigenvalue weighted by Gasteiger charge is -2.29. The fraction of sp³-hybridized carbons (Fsp3) is 0.529. The minimum atomic E-state index is -1.43. The van der Waals surface area contributed by atoms with E-state index in [2.05, 4.69) is 0 Å². The van der Waals surface area contributed by atoms with Crippen molar-refractivity contribution < 1.29 is 38.5 Å². The van der Waals surface area contributed by atoms with E-state index in [4.69, 9.17) is 14.2 Å². The van der Waals surface area contributed by atoms with Crippen LogP contribution in [0.3, 0.4) is 0 Å². The molecule has 0 bridgehead atoms. The smallest absolute Gasteiger partial charge is 0.323 e. The number of ether oxygens (including phenoxy) is 3. The SMILES string of the molecule is CCCC(CCc1ccccc1)(C(=O)O)C(=O)OCC.CCCC(CCc1ccccc1)(C(=O)OCC)C(=O)OCC. The largest absolute Gasteiger partial charge is 0.480 e. The number of hydrogen-bond acceptors (Lipinski definition) is 7. The molecule has 2 aromatic rings. The number of rotatable bonds is 17. The molecule has 1 atom stereocenters. The molecule has 1 unspecified atom stereocenters. The van der Waals surface area contributed by atoms with Crippen molar-refractivity contribution in [2.75, 3.05) is 19.8 Å². The first-order valence-corrected chi connectivity index (χ1v) is 15.0. The van der Waals surface area contributed by atoms with Gasteiger partial charge in [0.15, 0.2) is 10.8 Å². The lowest BCUT2D eigenvalue weighted by molar-refractivity contribution is -0.174. The Hall–Kier alpha value is -3.68. The van der Waals surface area contributed by atoms with Crippen LogP contribution in [0.4, 0.5) is 0 Å². The van der Waals surface area contributed by atoms with E-state index in [1.54, 1.807) is 20.8 Å². The van der Waals surface area contributed by atoms with Gasteiger partial charge in [-0.15, -0.1) is 0 Å². The van der Waals surface area contributed by atoms with Gasteiger partial charge in [0.05, 0.1) is 19.8 Å². The van der Waals surface area contributed by atoms with Gasteiger partial charge in [0.2, 0.25) is 0 Å². The van der Waals surface area contributed by atoms with Gasteiger partial charge in [0, 0.05) is 0 Å². The van der Waals surface area contributed by atoms with Crippen LogP contribution in [0.15, 0.2) is 60.7 Å². The Morgan fingerprint density at radius 1 is 0.548 bits per heavy atom. The van der Waals surface area contributed by atoms with E-state index in [0.717, 1.165) is 11.1 Å². The monoisotopic (exact) mass is 584 g/mol. The minimum Gasteiger partial charge on any atom is -0.480 e. The molecule has 2 aromatic carbocycles. The average molecular weight is 585 g/mol. The number of carbonyl (C=O) groups excluding carboxylic acids is 3. The summed E-state index contributed by atoms with van der Waals surface area (Å²) >= 11 is 0. The molecule has 42 heavy (non-hydrogen) atoms. The Labute approximate surface area is 250 Å². The molecule has 0 aliphatic carbocycles. The first-order valence-electron chi connectivity index (χ1n) is 15.0. The number of benzene rings is 2. The zero-order valence-corrected chi connectivity index (χ0v) is 25.9. The highest BCUT2D eigenvalue weighted by atomic mass is 16.6. The van der Waals surface area contributed by atoms with Crippen LogP contribution in [0.2, 0.25) is 0 Å². The molecule has 0 saturated carbocycles. The maximum Gasteiger partial charge on any atom is 0.323 e. The fourth-order valence-corrected chi connectivity index (χ4v) is 4.91. The summed E-state index contributed by atoms with van der Waals surface area (Å²) in [5.74, 6) is -2.64. The number of hydrogen-bond donors (Lipinski definition) is 1. The molecule has 0 aromatic heterocycles. The Bertz CT molecular complexity index is 1070. The predicted molar refractivity (Wildman–Crippen MR) is 162 cm³/mol. The zero-order chi connectivity index (χ0) is 31.4. The van der Waals surface area contributed by atoms with Crippen LogP contribution in [0.1, 0.15) is 84.3 Å². The summed E-state index contributed by atoms with van der Waals surface area (Å²) < 4.78 is 15.3. The topological polar surface area (TPSA) is 116 Å². The van der Waals surface area contributed by atoms with Crippen LogP contribution in [0, 0.1) is 10.8 Å². The first-order chi connectivity index (χ1) is 20.2. The lowest BCUT2D eigenvalue weighted by atomic mass is 9.78. The van der Waals surface area contributed by atoms with Crippen molar-refractivity contribution >= 4 is 23.9 Å². The van der Waals surface area contributed by atoms with Crippen molar-refractivity contribution in [3.8, 4) is 0 Å². The number of carboxylic acids is 1. The van der Waals surface area contributed by atoms with Gasteiger partial charge in [-0.25, -0.2) is 0 Å². The highest BCUT2D eigenvalue weighted by Crippen LogP contribution is 2.34. The Kier molecular flexibility index (Phi) is 16.8. The van der Waals surface area contributed by atoms with E-state index >= 15 is 0 Å². The molecule has 0 spiro atoms. The van der Waals surface area contributed by atoms with Crippen LogP contribution >= 0.6 is 0 Å². The third kappa shape index (κ3) is 10.6. The van der Waals surface area contributed by atoms with Crippen LogP contribution in [0.25, 0.3) is 0 Å². The van der Waals surface area contributed by atoms with Crippen molar-refractivity contribution in [3.05, 3.63) is 71.8 Å². The zero-order valence-electron chi connectivity index (χ0n) is 25.9. The van der Waals surface area contributed by atoms with Crippen molar-refractivity contribution in [3.63, 3.8) is 0 Å². The van der Waals surface area contributed by atoms with Gasteiger partial charge in [0.1, 0.15) is 0 Å². The average Bonchev–Trinajstić information content (AvgIpc) is 2.99. The number of aliphatic carboxylic acids is 1. The second-order valence-corrected chi connectivity index (χ2v) is 10.1. The van der Waals surface area contributed by atoms with Crippen molar-refractivity contribution in [1.29, 1.82) is 0 Å². The molecule has 232 valence electrons. The molecular weight excluding hydrogens is 536 g/mol. The molecule has 0 saturated heterocycles. The third-order valence-corrected chi connectivity index (χ3v) is 7.13. The second-order valence-electron chi connectivity index (χ2n) is 10.1. The Morgan fingerprint density at radius 2 is 0.881 bits per heavy atom. The van der Waals surface area contributed by atoms with Gasteiger partial charge in [-0.05, 0) is 70.4 Å². The van der Waals surface area contributed by atoms with E-state index in [9.17, 15) is 24.3 Å². The summed E-state index contributed by atoms with van der Waals surface area (Å²) in [4.78, 5) is 48.7. The van der Waals surface area contributed by atoms with E-state index < -0.39 is 34.7 Å². The second kappa shape index (κ2) is 19.4. The molecule has 0 heterocycles. The molecule has 0 fully saturated rings. The molecule has 1 N–H and O–H groups in total. The van der Waals surface area contributed by atoms with Gasteiger partial charge < -0.3 is 19.3 Å². The molecule has 2 rings (SSSR count). The maximum absolute atomic E-state index is 12.5. The minimum absolute atomic E-state index is 0.197. The molecule has 0 aliphatic rings. The fourth-order valence-electron chi connectivity index (χ4n) is 4.91. The molecule has 8 nitrogen and oxygen atoms in total. The summed E-state index contributed by atoms with van der Waals surface area (Å²) in [5, 5.41) is 9.53. The van der Waals surface area contributed by atoms with Crippen LogP contribution in [0.5, 0.6) is 0 Å². The normalized spacial score (nSPS) is 12.2. The highest BCUT2D eigenvalue weighted by Gasteiger charge is 2.48. The van der Waals surface area contributed by atoms with E-state index in [1.165, 1.54) is 0 Å². The summed E-state index contributed by atoms with van der Waals surface area (Å²) in [5.41, 5.74) is -0.507. The molecular formula is C34H48O8. The summed E-state index contributed by atoms with van der Waals surface area (Å²) in [6.45, 7) is 9.73. The Morgan fingerprint density at radius 3 is 1.21 bits per heavy atom. The van der Waals surface area contributed by atoms with Crippen LogP contribution in [-0.4, -0.2) is 48.8 Å². The maximum atomic E-state index is 12.5. The van der Waals surface area contributed by atoms with Crippen molar-refractivity contribution in [2.45, 2.75) is 86.0 Å². The molecule has 0 amide bonds. The number of aryl methyl sites for hydroxylation is 2. The van der Waals surface area contributed by atoms with Crippen LogP contribution < -0.4 is 0 Å². The standard InChI is InChI=1S/C18H26O4.C16H22O4/c1-4-13-18(16(19)21-5-2,17(20)22-6-3)14-12-15-10-8-7-9-11-15;1-3-11-16(14(17)18,15(19)20-4-2)12-10-13-8-6-5-7-9-13/h7-11H,4-6,12-14H2,1-3H3;5-9H,3-4,10-12H2,1-2H3,(H,17,18). The summed E-state index contributed by atoms with van der Waals surface area (Å²) in [6, 6.07) is 19.4. The third-order valence-electron chi connectivity index (χ3n) is 7.13. The first kappa shape index (κ1) is 36.3. The highest BCUT2D eigenvalue weighted by molar-refractivity contribution is 6.00. The van der Waals surface area contributed by atoms with Gasteiger partial charge in [0.25, 0.3) is 0 Å². The quantitative estimate of drug-likeness (QED) is 0.126.